The van der Waals surface area contributed by atoms with Crippen molar-refractivity contribution >= 4 is 11.8 Å². The highest BCUT2D eigenvalue weighted by Crippen LogP contribution is 2.36. The number of nitro benzene ring substituents is 1. The first-order chi connectivity index (χ1) is 10.8. The molecule has 1 aromatic heterocycles. The molecule has 0 aliphatic heterocycles. The molecule has 0 unspecified atom stereocenters. The highest BCUT2D eigenvalue weighted by molar-refractivity contribution is 5.71. The molecule has 2 rings (SSSR count). The van der Waals surface area contributed by atoms with Crippen LogP contribution in [0.15, 0.2) is 22.7 Å². The molecule has 1 heterocycles. The lowest BCUT2D eigenvalue weighted by Gasteiger charge is -2.09. The Labute approximate surface area is 129 Å². The lowest BCUT2D eigenvalue weighted by Crippen LogP contribution is -2.23. The lowest BCUT2D eigenvalue weighted by molar-refractivity contribution is -0.387. The highest BCUT2D eigenvalue weighted by atomic mass is 19.1. The van der Waals surface area contributed by atoms with Crippen LogP contribution in [0.2, 0.25) is 0 Å². The van der Waals surface area contributed by atoms with Crippen LogP contribution in [-0.4, -0.2) is 40.3 Å². The average Bonchev–Trinajstić information content (AvgIpc) is 2.94. The summed E-state index contributed by atoms with van der Waals surface area (Å²) < 4.78 is 24.3. The Morgan fingerprint density at radius 1 is 1.57 bits per heavy atom. The number of carbonyl (C=O) groups is 1. The molecule has 1 aromatic carbocycles. The summed E-state index contributed by atoms with van der Waals surface area (Å²) in [4.78, 5) is 21.7. The quantitative estimate of drug-likeness (QED) is 0.662. The number of benzene rings is 1. The van der Waals surface area contributed by atoms with Crippen molar-refractivity contribution in [2.24, 2.45) is 0 Å². The van der Waals surface area contributed by atoms with Gasteiger partial charge in [-0.2, -0.15) is 4.39 Å². The second-order valence-electron chi connectivity index (χ2n) is 4.55. The molecule has 23 heavy (non-hydrogen) atoms. The number of hydrogen-bond donors (Lipinski definition) is 1. The molecule has 0 bridgehead atoms. The van der Waals surface area contributed by atoms with Gasteiger partial charge in [-0.1, -0.05) is 5.16 Å². The molecule has 0 aliphatic carbocycles. The predicted octanol–water partition coefficient (Wildman–Crippen LogP) is 2.51. The summed E-state index contributed by atoms with van der Waals surface area (Å²) in [5.74, 6) is -0.918. The first kappa shape index (κ1) is 16.2. The van der Waals surface area contributed by atoms with Crippen LogP contribution in [-0.2, 0) is 6.54 Å². The first-order valence-corrected chi connectivity index (χ1v) is 6.26. The van der Waals surface area contributed by atoms with Gasteiger partial charge in [0.1, 0.15) is 11.4 Å². The van der Waals surface area contributed by atoms with Gasteiger partial charge in [-0.05, 0) is 6.07 Å². The van der Waals surface area contributed by atoms with E-state index in [0.29, 0.717) is 0 Å². The fraction of sp³-hybridized carbons (Fsp3) is 0.231. The molecule has 9 nitrogen and oxygen atoms in total. The molecule has 0 saturated carbocycles. The minimum atomic E-state index is -1.18. The van der Waals surface area contributed by atoms with E-state index < -0.39 is 22.5 Å². The normalized spacial score (nSPS) is 10.4. The number of nitrogens with zero attached hydrogens (tertiary/aromatic N) is 3. The van der Waals surface area contributed by atoms with Crippen molar-refractivity contribution in [3.63, 3.8) is 0 Å². The second-order valence-corrected chi connectivity index (χ2v) is 4.55. The molecule has 0 radical (unpaired) electrons. The third-order valence-corrected chi connectivity index (χ3v) is 3.03. The number of ether oxygens (including phenoxy) is 1. The maximum absolute atomic E-state index is 14.3. The average molecular weight is 325 g/mol. The molecular formula is C13H12FN3O6. The number of aromatic nitrogens is 1. The monoisotopic (exact) mass is 325 g/mol. The van der Waals surface area contributed by atoms with E-state index in [0.717, 1.165) is 11.0 Å². The topological polar surface area (TPSA) is 119 Å². The van der Waals surface area contributed by atoms with Gasteiger partial charge in [0.25, 0.3) is 0 Å². The van der Waals surface area contributed by atoms with Crippen LogP contribution in [0.3, 0.4) is 0 Å². The molecule has 10 heteroatoms. The number of amides is 1. The number of nitro groups is 1. The van der Waals surface area contributed by atoms with E-state index in [4.69, 9.17) is 14.4 Å². The van der Waals surface area contributed by atoms with Crippen molar-refractivity contribution in [2.75, 3.05) is 14.2 Å². The van der Waals surface area contributed by atoms with Crippen molar-refractivity contribution in [1.82, 2.24) is 10.1 Å². The van der Waals surface area contributed by atoms with Gasteiger partial charge in [0, 0.05) is 19.2 Å². The van der Waals surface area contributed by atoms with Gasteiger partial charge in [0.2, 0.25) is 5.82 Å². The highest BCUT2D eigenvalue weighted by Gasteiger charge is 2.25. The van der Waals surface area contributed by atoms with Crippen LogP contribution in [0, 0.1) is 15.9 Å². The van der Waals surface area contributed by atoms with Crippen molar-refractivity contribution in [2.45, 2.75) is 6.54 Å². The zero-order valence-corrected chi connectivity index (χ0v) is 12.1. The molecule has 0 spiro atoms. The largest absolute Gasteiger partial charge is 0.496 e. The van der Waals surface area contributed by atoms with Crippen molar-refractivity contribution in [3.05, 3.63) is 39.9 Å². The summed E-state index contributed by atoms with van der Waals surface area (Å²) in [6.07, 6.45) is -1.18. The van der Waals surface area contributed by atoms with Crippen LogP contribution in [0.5, 0.6) is 5.75 Å². The lowest BCUT2D eigenvalue weighted by atomic mass is 10.1. The fourth-order valence-corrected chi connectivity index (χ4v) is 1.90. The van der Waals surface area contributed by atoms with Gasteiger partial charge in [-0.25, -0.2) is 4.79 Å². The molecule has 2 aromatic rings. The van der Waals surface area contributed by atoms with E-state index in [1.165, 1.54) is 26.3 Å². The molecular weight excluding hydrogens is 313 g/mol. The molecule has 0 atom stereocenters. The van der Waals surface area contributed by atoms with E-state index in [-0.39, 0.29) is 29.3 Å². The number of carboxylic acid groups (broad SMARTS) is 1. The zero-order chi connectivity index (χ0) is 17.1. The van der Waals surface area contributed by atoms with Crippen molar-refractivity contribution in [3.8, 4) is 17.0 Å². The Balaban J connectivity index is 2.46. The number of halogens is 1. The zero-order valence-electron chi connectivity index (χ0n) is 12.1. The Morgan fingerprint density at radius 2 is 2.26 bits per heavy atom. The van der Waals surface area contributed by atoms with E-state index in [9.17, 15) is 19.3 Å². The molecule has 1 N–H and O–H groups in total. The third kappa shape index (κ3) is 3.20. The van der Waals surface area contributed by atoms with Gasteiger partial charge in [0.05, 0.1) is 24.1 Å². The summed E-state index contributed by atoms with van der Waals surface area (Å²) in [6, 6.07) is 3.52. The maximum Gasteiger partial charge on any atom is 0.407 e. The second kappa shape index (κ2) is 6.30. The summed E-state index contributed by atoms with van der Waals surface area (Å²) in [5.41, 5.74) is -0.987. The van der Waals surface area contributed by atoms with Crippen molar-refractivity contribution in [1.29, 1.82) is 0 Å². The van der Waals surface area contributed by atoms with Gasteiger partial charge in [0.15, 0.2) is 5.76 Å². The summed E-state index contributed by atoms with van der Waals surface area (Å²) in [7, 11) is 2.60. The SMILES string of the molecule is COc1ccc([N+](=O)[O-])c(F)c1-c1cc(CN(C)C(=O)O)on1. The third-order valence-electron chi connectivity index (χ3n) is 3.03. The summed E-state index contributed by atoms with van der Waals surface area (Å²) in [6.45, 7) is -0.110. The fourth-order valence-electron chi connectivity index (χ4n) is 1.90. The first-order valence-electron chi connectivity index (χ1n) is 6.26. The van der Waals surface area contributed by atoms with Crippen LogP contribution in [0.4, 0.5) is 14.9 Å². The molecule has 1 amide bonds. The van der Waals surface area contributed by atoms with Gasteiger partial charge in [-0.3, -0.25) is 10.1 Å². The maximum atomic E-state index is 14.3. The minimum Gasteiger partial charge on any atom is -0.496 e. The summed E-state index contributed by atoms with van der Waals surface area (Å²) >= 11 is 0. The van der Waals surface area contributed by atoms with E-state index in [2.05, 4.69) is 5.16 Å². The predicted molar refractivity (Wildman–Crippen MR) is 74.6 cm³/mol. The van der Waals surface area contributed by atoms with Crippen LogP contribution < -0.4 is 4.74 Å². The molecule has 0 saturated heterocycles. The van der Waals surface area contributed by atoms with Crippen LogP contribution in [0.1, 0.15) is 5.76 Å². The molecule has 0 aliphatic rings. The van der Waals surface area contributed by atoms with Gasteiger partial charge >= 0.3 is 11.8 Å². The van der Waals surface area contributed by atoms with Gasteiger partial charge in [-0.15, -0.1) is 0 Å². The molecule has 0 fully saturated rings. The van der Waals surface area contributed by atoms with Crippen molar-refractivity contribution < 1.29 is 28.5 Å². The van der Waals surface area contributed by atoms with Crippen LogP contribution in [0.25, 0.3) is 11.3 Å². The van der Waals surface area contributed by atoms with E-state index in [1.807, 2.05) is 0 Å². The standard InChI is InChI=1S/C13H12FN3O6/c1-16(13(18)19)6-7-5-8(15-23-7)11-10(22-2)4-3-9(12(11)14)17(20)21/h3-5H,6H2,1-2H3,(H,18,19). The smallest absolute Gasteiger partial charge is 0.407 e. The number of methoxy groups -OCH3 is 1. The van der Waals surface area contributed by atoms with E-state index >= 15 is 0 Å². The van der Waals surface area contributed by atoms with Gasteiger partial charge < -0.3 is 19.3 Å². The Bertz CT molecular complexity index is 760. The Hall–Kier alpha value is -3.17. The Kier molecular flexibility index (Phi) is 4.44. The minimum absolute atomic E-state index is 0.0307. The van der Waals surface area contributed by atoms with E-state index in [1.54, 1.807) is 0 Å². The summed E-state index contributed by atoms with van der Waals surface area (Å²) in [5, 5.41) is 23.3. The molecule has 122 valence electrons. The number of rotatable bonds is 5. The van der Waals surface area contributed by atoms with Crippen LogP contribution >= 0.6 is 0 Å². The Morgan fingerprint density at radius 3 is 2.83 bits per heavy atom. The number of hydrogen-bond acceptors (Lipinski definition) is 6.